The summed E-state index contributed by atoms with van der Waals surface area (Å²) in [6.45, 7) is 15.8. The van der Waals surface area contributed by atoms with E-state index in [1.54, 1.807) is 13.0 Å². The first-order valence-electron chi connectivity index (χ1n) is 17.9. The quantitative estimate of drug-likeness (QED) is 0.187. The number of esters is 1. The predicted molar refractivity (Wildman–Crippen MR) is 183 cm³/mol. The highest BCUT2D eigenvalue weighted by Crippen LogP contribution is 2.75. The molecular formula is C41H52O7. The van der Waals surface area contributed by atoms with Gasteiger partial charge in [-0.2, -0.15) is 0 Å². The second-order valence-corrected chi connectivity index (χ2v) is 17.3. The summed E-state index contributed by atoms with van der Waals surface area (Å²) < 4.78 is 5.94. The van der Waals surface area contributed by atoms with Crippen molar-refractivity contribution in [2.75, 3.05) is 0 Å². The van der Waals surface area contributed by atoms with Gasteiger partial charge in [0.05, 0.1) is 0 Å². The van der Waals surface area contributed by atoms with Gasteiger partial charge in [0.2, 0.25) is 0 Å². The van der Waals surface area contributed by atoms with Crippen LogP contribution in [0.3, 0.4) is 0 Å². The molecule has 1 aromatic carbocycles. The topological polar surface area (TPSA) is 115 Å². The Hall–Kier alpha value is -3.35. The molecule has 1 N–H and O–H groups in total. The van der Waals surface area contributed by atoms with Crippen LogP contribution in [0.15, 0.2) is 35.9 Å². The van der Waals surface area contributed by atoms with Crippen molar-refractivity contribution in [2.24, 2.45) is 56.7 Å². The molecule has 0 bridgehead atoms. The lowest BCUT2D eigenvalue weighted by atomic mass is 9.33. The molecule has 258 valence electrons. The van der Waals surface area contributed by atoms with Crippen molar-refractivity contribution in [1.82, 2.24) is 0 Å². The molecule has 7 nitrogen and oxygen atoms in total. The van der Waals surface area contributed by atoms with Crippen LogP contribution in [0, 0.1) is 56.7 Å². The molecule has 5 aliphatic carbocycles. The van der Waals surface area contributed by atoms with E-state index in [9.17, 15) is 29.1 Å². The van der Waals surface area contributed by atoms with Gasteiger partial charge in [-0.05, 0) is 127 Å². The minimum atomic E-state index is -1.38. The number of ether oxygens (including phenoxy) is 1. The SMILES string of the molecule is C[C@@H]1CC[C@]2(C)CC[C@]3(C)C(=CC(=O)C4[C@@]5(C)CC[C@@H](OC(=O)/C=C/c6ccc(C=O)c(C=O)c6)[C@](C)(C(=O)O)C5CC[C@]43C)C2[C@H]1C. The van der Waals surface area contributed by atoms with Crippen LogP contribution in [0.4, 0.5) is 0 Å². The highest BCUT2D eigenvalue weighted by molar-refractivity contribution is 5.96. The molecule has 0 saturated heterocycles. The van der Waals surface area contributed by atoms with Crippen LogP contribution in [-0.4, -0.2) is 41.5 Å². The molecule has 6 rings (SSSR count). The van der Waals surface area contributed by atoms with E-state index < -0.39 is 28.9 Å². The van der Waals surface area contributed by atoms with Crippen LogP contribution in [0.25, 0.3) is 6.08 Å². The third-order valence-corrected chi connectivity index (χ3v) is 15.2. The van der Waals surface area contributed by atoms with Crippen molar-refractivity contribution in [3.05, 3.63) is 52.6 Å². The molecule has 4 fully saturated rings. The van der Waals surface area contributed by atoms with Gasteiger partial charge in [-0.3, -0.25) is 19.2 Å². The Morgan fingerprint density at radius 2 is 1.60 bits per heavy atom. The summed E-state index contributed by atoms with van der Waals surface area (Å²) in [6, 6.07) is 4.64. The van der Waals surface area contributed by atoms with Crippen LogP contribution in [-0.2, 0) is 19.1 Å². The van der Waals surface area contributed by atoms with E-state index in [0.717, 1.165) is 19.3 Å². The molecule has 0 aromatic heterocycles. The maximum Gasteiger partial charge on any atom is 0.331 e. The van der Waals surface area contributed by atoms with E-state index in [-0.39, 0.29) is 45.0 Å². The summed E-state index contributed by atoms with van der Waals surface area (Å²) in [6.07, 6.45) is 12.1. The Morgan fingerprint density at radius 1 is 0.896 bits per heavy atom. The van der Waals surface area contributed by atoms with Crippen molar-refractivity contribution in [3.8, 4) is 0 Å². The van der Waals surface area contributed by atoms with E-state index in [2.05, 4.69) is 41.5 Å². The number of aliphatic carboxylic acids is 1. The number of hydrogen-bond acceptors (Lipinski definition) is 6. The van der Waals surface area contributed by atoms with Gasteiger partial charge >= 0.3 is 11.9 Å². The fraction of sp³-hybridized carbons (Fsp3) is 0.634. The molecular weight excluding hydrogens is 604 g/mol. The van der Waals surface area contributed by atoms with Crippen molar-refractivity contribution in [3.63, 3.8) is 0 Å². The Labute approximate surface area is 285 Å². The first-order chi connectivity index (χ1) is 22.5. The first-order valence-corrected chi connectivity index (χ1v) is 17.9. The van der Waals surface area contributed by atoms with Gasteiger partial charge in [-0.15, -0.1) is 0 Å². The molecule has 4 saturated carbocycles. The molecule has 0 heterocycles. The fourth-order valence-corrected chi connectivity index (χ4v) is 12.1. The average molecular weight is 657 g/mol. The van der Waals surface area contributed by atoms with Crippen LogP contribution in [0.5, 0.6) is 0 Å². The lowest BCUT2D eigenvalue weighted by Crippen LogP contribution is -2.68. The summed E-state index contributed by atoms with van der Waals surface area (Å²) >= 11 is 0. The molecule has 7 heteroatoms. The molecule has 48 heavy (non-hydrogen) atoms. The summed E-state index contributed by atoms with van der Waals surface area (Å²) in [7, 11) is 0. The molecule has 0 aliphatic heterocycles. The second-order valence-electron chi connectivity index (χ2n) is 17.3. The number of aldehydes is 2. The standard InChI is InChI=1S/C41H52O7/c1-24-12-15-37(3)18-19-39(5)29(34(37)25(24)2)21-30(44)35-38(4)16-14-32(41(7,36(46)47)31(38)13-17-40(35,39)6)48-33(45)11-9-26-8-10-27(22-42)28(20-26)23-43/h8-11,20-25,31-32,34-35H,12-19H2,1-7H3,(H,46,47)/b11-9+/t24-,25+,31?,32-,34?,35?,37-,38+,39-,40-,41-/m1/s1. The molecule has 11 atom stereocenters. The number of fused-ring (bicyclic) bond motifs is 7. The Morgan fingerprint density at radius 3 is 2.27 bits per heavy atom. The highest BCUT2D eigenvalue weighted by Gasteiger charge is 2.72. The molecule has 1 aromatic rings. The van der Waals surface area contributed by atoms with Crippen LogP contribution in [0.2, 0.25) is 0 Å². The Bertz CT molecular complexity index is 1620. The third-order valence-electron chi connectivity index (χ3n) is 15.2. The maximum atomic E-state index is 14.6. The number of carboxylic acid groups (broad SMARTS) is 1. The number of carbonyl (C=O) groups is 5. The monoisotopic (exact) mass is 656 g/mol. The number of allylic oxidation sites excluding steroid dienone is 2. The number of hydrogen-bond donors (Lipinski definition) is 1. The van der Waals surface area contributed by atoms with Gasteiger partial charge in [-0.25, -0.2) is 4.79 Å². The van der Waals surface area contributed by atoms with Gasteiger partial charge in [0.1, 0.15) is 11.5 Å². The van der Waals surface area contributed by atoms with Crippen molar-refractivity contribution in [1.29, 1.82) is 0 Å². The fourth-order valence-electron chi connectivity index (χ4n) is 12.1. The lowest BCUT2D eigenvalue weighted by molar-refractivity contribution is -0.220. The van der Waals surface area contributed by atoms with Gasteiger partial charge in [0.25, 0.3) is 0 Å². The van der Waals surface area contributed by atoms with E-state index in [1.807, 2.05) is 6.08 Å². The number of ketones is 1. The van der Waals surface area contributed by atoms with Gasteiger partial charge in [0, 0.05) is 23.1 Å². The predicted octanol–water partition coefficient (Wildman–Crippen LogP) is 8.16. The maximum absolute atomic E-state index is 14.6. The zero-order chi connectivity index (χ0) is 35.0. The van der Waals surface area contributed by atoms with Crippen molar-refractivity contribution in [2.45, 2.75) is 106 Å². The van der Waals surface area contributed by atoms with Crippen molar-refractivity contribution >= 4 is 36.4 Å². The van der Waals surface area contributed by atoms with Crippen LogP contribution >= 0.6 is 0 Å². The van der Waals surface area contributed by atoms with Gasteiger partial charge < -0.3 is 9.84 Å². The van der Waals surface area contributed by atoms with E-state index >= 15 is 0 Å². The average Bonchev–Trinajstić information content (AvgIpc) is 3.04. The minimum Gasteiger partial charge on any atom is -0.481 e. The number of carboxylic acids is 1. The van der Waals surface area contributed by atoms with Gasteiger partial charge in [-0.1, -0.05) is 59.2 Å². The van der Waals surface area contributed by atoms with Crippen LogP contribution in [0.1, 0.15) is 126 Å². The summed E-state index contributed by atoms with van der Waals surface area (Å²) in [4.78, 5) is 63.6. The first kappa shape index (κ1) is 34.5. The molecule has 0 amide bonds. The van der Waals surface area contributed by atoms with E-state index in [1.165, 1.54) is 42.7 Å². The largest absolute Gasteiger partial charge is 0.481 e. The van der Waals surface area contributed by atoms with Crippen LogP contribution < -0.4 is 0 Å². The molecule has 0 radical (unpaired) electrons. The number of rotatable bonds is 6. The van der Waals surface area contributed by atoms with Crippen molar-refractivity contribution < 1.29 is 33.8 Å². The number of carbonyl (C=O) groups excluding carboxylic acids is 4. The molecule has 5 aliphatic rings. The third kappa shape index (κ3) is 4.76. The highest BCUT2D eigenvalue weighted by atomic mass is 16.5. The zero-order valence-electron chi connectivity index (χ0n) is 29.6. The molecule has 3 unspecified atom stereocenters. The zero-order valence-corrected chi connectivity index (χ0v) is 29.6. The van der Waals surface area contributed by atoms with E-state index in [4.69, 9.17) is 4.74 Å². The summed E-state index contributed by atoms with van der Waals surface area (Å²) in [5.74, 6) is -0.678. The molecule has 0 spiro atoms. The normalized spacial score (nSPS) is 43.6. The summed E-state index contributed by atoms with van der Waals surface area (Å²) in [5.41, 5.74) is 0.189. The minimum absolute atomic E-state index is 0.142. The number of benzene rings is 1. The summed E-state index contributed by atoms with van der Waals surface area (Å²) in [5, 5.41) is 10.9. The van der Waals surface area contributed by atoms with Gasteiger partial charge in [0.15, 0.2) is 18.4 Å². The lowest BCUT2D eigenvalue weighted by Gasteiger charge is -2.70. The smallest absolute Gasteiger partial charge is 0.331 e. The Kier molecular flexibility index (Phi) is 8.36. The van der Waals surface area contributed by atoms with E-state index in [0.29, 0.717) is 55.2 Å². The second kappa shape index (κ2) is 11.6. The Balaban J connectivity index is 1.31.